The summed E-state index contributed by atoms with van der Waals surface area (Å²) in [6, 6.07) is 10.6. The molecule has 4 nitrogen and oxygen atoms in total. The molecule has 1 amide bonds. The normalized spacial score (nSPS) is 11.4. The summed E-state index contributed by atoms with van der Waals surface area (Å²) in [5.74, 6) is -1.21. The number of rotatable bonds is 3. The van der Waals surface area contributed by atoms with Crippen LogP contribution in [0.4, 0.5) is 0 Å². The molecule has 0 fully saturated rings. The summed E-state index contributed by atoms with van der Waals surface area (Å²) < 4.78 is 0. The summed E-state index contributed by atoms with van der Waals surface area (Å²) in [4.78, 5) is 10.7. The molecule has 1 rings (SSSR count). The average molecular weight is 202 g/mol. The number of hydrogen-bond donors (Lipinski definition) is 2. The van der Waals surface area contributed by atoms with Crippen molar-refractivity contribution in [2.24, 2.45) is 5.73 Å². The second-order valence-corrected chi connectivity index (χ2v) is 2.96. The monoisotopic (exact) mass is 202 g/mol. The summed E-state index contributed by atoms with van der Waals surface area (Å²) in [5.41, 5.74) is 5.34. The van der Waals surface area contributed by atoms with E-state index in [4.69, 9.17) is 11.0 Å². The molecule has 0 heterocycles. The molecule has 0 saturated carbocycles. The number of carbonyl (C=O) groups is 1. The number of aliphatic hydroxyl groups excluding tert-OH is 1. The molecule has 15 heavy (non-hydrogen) atoms. The number of nitrogens with two attached hydrogens (primary N) is 1. The van der Waals surface area contributed by atoms with Gasteiger partial charge >= 0.3 is 0 Å². The van der Waals surface area contributed by atoms with Gasteiger partial charge in [0.2, 0.25) is 0 Å². The highest BCUT2D eigenvalue weighted by Crippen LogP contribution is 2.09. The highest BCUT2D eigenvalue weighted by Gasteiger charge is 2.11. The van der Waals surface area contributed by atoms with Gasteiger partial charge in [-0.2, -0.15) is 5.26 Å². The van der Waals surface area contributed by atoms with Crippen LogP contribution in [0, 0.1) is 11.3 Å². The number of benzene rings is 1. The maximum atomic E-state index is 10.7. The van der Waals surface area contributed by atoms with Gasteiger partial charge in [0, 0.05) is 6.42 Å². The Balaban J connectivity index is 2.92. The Kier molecular flexibility index (Phi) is 3.47. The third-order valence-electron chi connectivity index (χ3n) is 1.86. The maximum Gasteiger partial charge on any atom is 0.262 e. The minimum absolute atomic E-state index is 0.132. The predicted molar refractivity (Wildman–Crippen MR) is 54.6 cm³/mol. The first-order valence-corrected chi connectivity index (χ1v) is 4.31. The van der Waals surface area contributed by atoms with Gasteiger partial charge in [0.05, 0.1) is 0 Å². The van der Waals surface area contributed by atoms with Crippen LogP contribution in [0.5, 0.6) is 0 Å². The van der Waals surface area contributed by atoms with Crippen LogP contribution in [0.3, 0.4) is 0 Å². The van der Waals surface area contributed by atoms with Crippen LogP contribution in [-0.2, 0) is 11.2 Å². The topological polar surface area (TPSA) is 87.1 Å². The highest BCUT2D eigenvalue weighted by molar-refractivity contribution is 5.96. The van der Waals surface area contributed by atoms with Gasteiger partial charge in [-0.3, -0.25) is 4.79 Å². The van der Waals surface area contributed by atoms with Crippen LogP contribution in [0.2, 0.25) is 0 Å². The maximum absolute atomic E-state index is 10.7. The third-order valence-corrected chi connectivity index (χ3v) is 1.86. The van der Waals surface area contributed by atoms with E-state index in [9.17, 15) is 9.90 Å². The number of hydrogen-bond acceptors (Lipinski definition) is 3. The first kappa shape index (κ1) is 10.8. The molecule has 76 valence electrons. The van der Waals surface area contributed by atoms with E-state index in [1.165, 1.54) is 0 Å². The highest BCUT2D eigenvalue weighted by atomic mass is 16.3. The minimum Gasteiger partial charge on any atom is -0.510 e. The lowest BCUT2D eigenvalue weighted by Crippen LogP contribution is -2.15. The summed E-state index contributed by atoms with van der Waals surface area (Å²) in [5, 5.41) is 18.1. The Labute approximate surface area is 87.3 Å². The molecule has 4 heteroatoms. The SMILES string of the molecule is N#CC(C(N)=O)=C(O)Cc1ccccc1. The van der Waals surface area contributed by atoms with Crippen molar-refractivity contribution in [1.82, 2.24) is 0 Å². The Morgan fingerprint density at radius 1 is 1.40 bits per heavy atom. The molecule has 0 aliphatic heterocycles. The van der Waals surface area contributed by atoms with E-state index in [2.05, 4.69) is 0 Å². The first-order chi connectivity index (χ1) is 7.15. The Morgan fingerprint density at radius 2 is 2.00 bits per heavy atom. The lowest BCUT2D eigenvalue weighted by atomic mass is 10.1. The van der Waals surface area contributed by atoms with Crippen molar-refractivity contribution < 1.29 is 9.90 Å². The Bertz CT molecular complexity index is 430. The second-order valence-electron chi connectivity index (χ2n) is 2.96. The van der Waals surface area contributed by atoms with Crippen molar-refractivity contribution in [1.29, 1.82) is 5.26 Å². The van der Waals surface area contributed by atoms with Gasteiger partial charge in [0.1, 0.15) is 11.8 Å². The van der Waals surface area contributed by atoms with Crippen molar-refractivity contribution >= 4 is 5.91 Å². The van der Waals surface area contributed by atoms with Crippen LogP contribution in [0.25, 0.3) is 0 Å². The molecular formula is C11H10N2O2. The van der Waals surface area contributed by atoms with Gasteiger partial charge in [-0.05, 0) is 5.56 Å². The number of nitrogens with zero attached hydrogens (tertiary/aromatic N) is 1. The van der Waals surface area contributed by atoms with Crippen LogP contribution in [-0.4, -0.2) is 11.0 Å². The summed E-state index contributed by atoms with van der Waals surface area (Å²) in [7, 11) is 0. The van der Waals surface area contributed by atoms with Gasteiger partial charge < -0.3 is 10.8 Å². The molecule has 0 bridgehead atoms. The molecule has 1 aromatic rings. The fraction of sp³-hybridized carbons (Fsp3) is 0.0909. The molecule has 0 unspecified atom stereocenters. The molecule has 0 saturated heterocycles. The molecule has 0 aliphatic carbocycles. The fourth-order valence-electron chi connectivity index (χ4n) is 1.14. The molecule has 0 atom stereocenters. The smallest absolute Gasteiger partial charge is 0.262 e. The third kappa shape index (κ3) is 2.85. The molecule has 3 N–H and O–H groups in total. The number of amides is 1. The van der Waals surface area contributed by atoms with E-state index in [1.807, 2.05) is 6.07 Å². The standard InChI is InChI=1S/C11H10N2O2/c12-7-9(11(13)15)10(14)6-8-4-2-1-3-5-8/h1-5,14H,6H2,(H2,13,15). The van der Waals surface area contributed by atoms with Gasteiger partial charge in [-0.1, -0.05) is 30.3 Å². The van der Waals surface area contributed by atoms with Gasteiger partial charge in [-0.15, -0.1) is 0 Å². The van der Waals surface area contributed by atoms with Gasteiger partial charge in [0.25, 0.3) is 5.91 Å². The Morgan fingerprint density at radius 3 is 2.47 bits per heavy atom. The van der Waals surface area contributed by atoms with Crippen LogP contribution in [0.1, 0.15) is 5.56 Å². The van der Waals surface area contributed by atoms with E-state index in [-0.39, 0.29) is 17.8 Å². The predicted octanol–water partition coefficient (Wildman–Crippen LogP) is 1.05. The zero-order chi connectivity index (χ0) is 11.3. The van der Waals surface area contributed by atoms with E-state index >= 15 is 0 Å². The van der Waals surface area contributed by atoms with Crippen LogP contribution in [0.15, 0.2) is 41.7 Å². The average Bonchev–Trinajstić information content (AvgIpc) is 2.19. The summed E-state index contributed by atoms with van der Waals surface area (Å²) >= 11 is 0. The molecule has 0 aliphatic rings. The Hall–Kier alpha value is -2.28. The summed E-state index contributed by atoms with van der Waals surface area (Å²) in [6.45, 7) is 0. The number of allylic oxidation sites excluding steroid dienone is 1. The van der Waals surface area contributed by atoms with Crippen LogP contribution < -0.4 is 5.73 Å². The van der Waals surface area contributed by atoms with E-state index in [0.717, 1.165) is 5.56 Å². The quantitative estimate of drug-likeness (QED) is 0.436. The van der Waals surface area contributed by atoms with Crippen molar-refractivity contribution in [2.75, 3.05) is 0 Å². The van der Waals surface area contributed by atoms with Crippen molar-refractivity contribution in [3.8, 4) is 6.07 Å². The molecular weight excluding hydrogens is 192 g/mol. The lowest BCUT2D eigenvalue weighted by Gasteiger charge is -2.01. The van der Waals surface area contributed by atoms with Crippen molar-refractivity contribution in [3.05, 3.63) is 47.2 Å². The first-order valence-electron chi connectivity index (χ1n) is 4.31. The zero-order valence-corrected chi connectivity index (χ0v) is 7.97. The molecule has 0 aromatic heterocycles. The number of aliphatic hydroxyl groups is 1. The number of carbonyl (C=O) groups excluding carboxylic acids is 1. The molecule has 0 radical (unpaired) electrons. The van der Waals surface area contributed by atoms with E-state index in [1.54, 1.807) is 30.3 Å². The van der Waals surface area contributed by atoms with Gasteiger partial charge in [0.15, 0.2) is 5.57 Å². The van der Waals surface area contributed by atoms with Crippen molar-refractivity contribution in [2.45, 2.75) is 6.42 Å². The second kappa shape index (κ2) is 4.82. The molecule has 1 aromatic carbocycles. The van der Waals surface area contributed by atoms with E-state index < -0.39 is 5.91 Å². The number of primary amides is 1. The van der Waals surface area contributed by atoms with Crippen molar-refractivity contribution in [3.63, 3.8) is 0 Å². The lowest BCUT2D eigenvalue weighted by molar-refractivity contribution is -0.114. The minimum atomic E-state index is -0.911. The number of nitriles is 1. The summed E-state index contributed by atoms with van der Waals surface area (Å²) in [6.07, 6.45) is 0.132. The van der Waals surface area contributed by atoms with Gasteiger partial charge in [-0.25, -0.2) is 0 Å². The fourth-order valence-corrected chi connectivity index (χ4v) is 1.14. The molecule has 0 spiro atoms. The van der Waals surface area contributed by atoms with E-state index in [0.29, 0.717) is 0 Å². The van der Waals surface area contributed by atoms with Crippen LogP contribution >= 0.6 is 0 Å². The zero-order valence-electron chi connectivity index (χ0n) is 7.97. The largest absolute Gasteiger partial charge is 0.510 e.